The predicted molar refractivity (Wildman–Crippen MR) is 80.6 cm³/mol. The minimum Gasteiger partial charge on any atom is -0.378 e. The number of hydrogen-bond acceptors (Lipinski definition) is 3. The highest BCUT2D eigenvalue weighted by atomic mass is 16.5. The largest absolute Gasteiger partial charge is 0.378 e. The number of carbonyl (C=O) groups is 1. The van der Waals surface area contributed by atoms with Gasteiger partial charge in [0.15, 0.2) is 0 Å². The summed E-state index contributed by atoms with van der Waals surface area (Å²) < 4.78 is 5.79. The lowest BCUT2D eigenvalue weighted by Crippen LogP contribution is -2.50. The van der Waals surface area contributed by atoms with Crippen LogP contribution in [0.5, 0.6) is 0 Å². The third kappa shape index (κ3) is 3.73. The van der Waals surface area contributed by atoms with Gasteiger partial charge in [0.2, 0.25) is 5.91 Å². The van der Waals surface area contributed by atoms with Crippen LogP contribution in [0.1, 0.15) is 46.5 Å². The Balaban J connectivity index is 1.82. The van der Waals surface area contributed by atoms with Crippen molar-refractivity contribution in [3.63, 3.8) is 0 Å². The number of likely N-dealkylation sites (tertiary alicyclic amines) is 1. The fourth-order valence-electron chi connectivity index (χ4n) is 3.63. The van der Waals surface area contributed by atoms with Gasteiger partial charge in [0, 0.05) is 19.1 Å². The molecule has 3 atom stereocenters. The molecule has 116 valence electrons. The van der Waals surface area contributed by atoms with E-state index in [1.165, 1.54) is 12.8 Å². The van der Waals surface area contributed by atoms with Gasteiger partial charge in [0.1, 0.15) is 0 Å². The number of nitrogens with one attached hydrogen (secondary N) is 1. The van der Waals surface area contributed by atoms with Crippen LogP contribution in [0.3, 0.4) is 0 Å². The van der Waals surface area contributed by atoms with Gasteiger partial charge in [-0.15, -0.1) is 0 Å². The first-order valence-electron chi connectivity index (χ1n) is 8.26. The Morgan fingerprint density at radius 1 is 1.35 bits per heavy atom. The molecule has 1 N–H and O–H groups in total. The van der Waals surface area contributed by atoms with E-state index in [1.807, 2.05) is 0 Å². The minimum atomic E-state index is 0.0913. The van der Waals surface area contributed by atoms with Crippen LogP contribution < -0.4 is 5.32 Å². The van der Waals surface area contributed by atoms with Gasteiger partial charge in [-0.3, -0.25) is 9.69 Å². The monoisotopic (exact) mass is 282 g/mol. The van der Waals surface area contributed by atoms with Gasteiger partial charge in [0.05, 0.1) is 12.1 Å². The highest BCUT2D eigenvalue weighted by Gasteiger charge is 2.32. The van der Waals surface area contributed by atoms with Crippen LogP contribution in [-0.2, 0) is 9.53 Å². The van der Waals surface area contributed by atoms with Crippen molar-refractivity contribution >= 4 is 5.91 Å². The number of piperidine rings is 1. The predicted octanol–water partition coefficient (Wildman–Crippen LogP) is 2.04. The molecule has 0 aromatic heterocycles. The Morgan fingerprint density at radius 3 is 2.85 bits per heavy atom. The molecule has 0 aromatic carbocycles. The number of nitrogens with zero attached hydrogens (tertiary/aromatic N) is 1. The molecule has 20 heavy (non-hydrogen) atoms. The van der Waals surface area contributed by atoms with Crippen molar-refractivity contribution in [1.29, 1.82) is 0 Å². The van der Waals surface area contributed by atoms with E-state index in [1.54, 1.807) is 0 Å². The molecule has 0 radical (unpaired) electrons. The molecular weight excluding hydrogens is 252 g/mol. The molecule has 0 aliphatic carbocycles. The Morgan fingerprint density at radius 2 is 2.15 bits per heavy atom. The zero-order valence-corrected chi connectivity index (χ0v) is 13.2. The SMILES string of the molecule is CCN1CCCC[C@@H]1C(=O)NC[C@H]1CCO[C@H]1C(C)C. The number of hydrogen-bond donors (Lipinski definition) is 1. The van der Waals surface area contributed by atoms with Gasteiger partial charge in [-0.1, -0.05) is 27.2 Å². The smallest absolute Gasteiger partial charge is 0.237 e. The minimum absolute atomic E-state index is 0.0913. The summed E-state index contributed by atoms with van der Waals surface area (Å²) in [5.41, 5.74) is 0. The average Bonchev–Trinajstić information content (AvgIpc) is 2.93. The molecular formula is C16H30N2O2. The third-order valence-electron chi connectivity index (χ3n) is 4.78. The molecule has 2 saturated heterocycles. The molecule has 1 amide bonds. The summed E-state index contributed by atoms with van der Waals surface area (Å²) in [5, 5.41) is 3.18. The lowest BCUT2D eigenvalue weighted by atomic mass is 9.92. The molecule has 4 nitrogen and oxygen atoms in total. The van der Waals surface area contributed by atoms with Crippen LogP contribution in [0, 0.1) is 11.8 Å². The van der Waals surface area contributed by atoms with E-state index in [4.69, 9.17) is 4.74 Å². The second-order valence-electron chi connectivity index (χ2n) is 6.51. The standard InChI is InChI=1S/C16H30N2O2/c1-4-18-9-6-5-7-14(18)16(19)17-11-13-8-10-20-15(13)12(2)3/h12-15H,4-11H2,1-3H3,(H,17,19)/t13-,14-,15+/m1/s1. The number of ether oxygens (including phenoxy) is 1. The molecule has 0 aromatic rings. The molecule has 2 aliphatic rings. The summed E-state index contributed by atoms with van der Waals surface area (Å²) in [5.74, 6) is 1.24. The van der Waals surface area contributed by atoms with Crippen molar-refractivity contribution in [3.8, 4) is 0 Å². The Kier molecular flexibility index (Phi) is 5.85. The van der Waals surface area contributed by atoms with Crippen LogP contribution in [0.4, 0.5) is 0 Å². The molecule has 0 bridgehead atoms. The van der Waals surface area contributed by atoms with Crippen molar-refractivity contribution in [2.24, 2.45) is 11.8 Å². The molecule has 4 heteroatoms. The van der Waals surface area contributed by atoms with E-state index in [0.29, 0.717) is 17.9 Å². The second kappa shape index (κ2) is 7.41. The van der Waals surface area contributed by atoms with Crippen molar-refractivity contribution < 1.29 is 9.53 Å². The van der Waals surface area contributed by atoms with Gasteiger partial charge in [-0.05, 0) is 38.3 Å². The van der Waals surface area contributed by atoms with Crippen LogP contribution in [0.15, 0.2) is 0 Å². The van der Waals surface area contributed by atoms with E-state index in [9.17, 15) is 4.79 Å². The highest BCUT2D eigenvalue weighted by molar-refractivity contribution is 5.81. The first-order chi connectivity index (χ1) is 9.63. The quantitative estimate of drug-likeness (QED) is 0.839. The molecule has 0 unspecified atom stereocenters. The van der Waals surface area contributed by atoms with Crippen LogP contribution >= 0.6 is 0 Å². The van der Waals surface area contributed by atoms with Gasteiger partial charge < -0.3 is 10.1 Å². The maximum Gasteiger partial charge on any atom is 0.237 e. The summed E-state index contributed by atoms with van der Waals surface area (Å²) >= 11 is 0. The molecule has 0 spiro atoms. The van der Waals surface area contributed by atoms with Gasteiger partial charge in [-0.25, -0.2) is 0 Å². The molecule has 2 aliphatic heterocycles. The van der Waals surface area contributed by atoms with Crippen LogP contribution in [-0.4, -0.2) is 49.2 Å². The number of carbonyl (C=O) groups excluding carboxylic acids is 1. The first-order valence-corrected chi connectivity index (χ1v) is 8.26. The summed E-state index contributed by atoms with van der Waals surface area (Å²) in [4.78, 5) is 14.7. The van der Waals surface area contributed by atoms with Crippen molar-refractivity contribution in [2.45, 2.75) is 58.6 Å². The lowest BCUT2D eigenvalue weighted by molar-refractivity contribution is -0.127. The maximum absolute atomic E-state index is 12.4. The van der Waals surface area contributed by atoms with Crippen molar-refractivity contribution in [3.05, 3.63) is 0 Å². The summed E-state index contributed by atoms with van der Waals surface area (Å²) in [6.45, 7) is 10.2. The Labute approximate surface area is 123 Å². The van der Waals surface area contributed by atoms with Crippen LogP contribution in [0.2, 0.25) is 0 Å². The van der Waals surface area contributed by atoms with Gasteiger partial charge >= 0.3 is 0 Å². The average molecular weight is 282 g/mol. The Bertz CT molecular complexity index is 320. The highest BCUT2D eigenvalue weighted by Crippen LogP contribution is 2.26. The topological polar surface area (TPSA) is 41.6 Å². The van der Waals surface area contributed by atoms with Gasteiger partial charge in [0.25, 0.3) is 0 Å². The van der Waals surface area contributed by atoms with E-state index >= 15 is 0 Å². The van der Waals surface area contributed by atoms with E-state index < -0.39 is 0 Å². The number of likely N-dealkylation sites (N-methyl/N-ethyl adjacent to an activating group) is 1. The van der Waals surface area contributed by atoms with Crippen molar-refractivity contribution in [2.75, 3.05) is 26.2 Å². The summed E-state index contributed by atoms with van der Waals surface area (Å²) in [6.07, 6.45) is 4.79. The summed E-state index contributed by atoms with van der Waals surface area (Å²) in [7, 11) is 0. The second-order valence-corrected chi connectivity index (χ2v) is 6.51. The third-order valence-corrected chi connectivity index (χ3v) is 4.78. The fraction of sp³-hybridized carbons (Fsp3) is 0.938. The molecule has 2 fully saturated rings. The molecule has 2 rings (SSSR count). The summed E-state index contributed by atoms with van der Waals surface area (Å²) in [6, 6.07) is 0.0913. The van der Waals surface area contributed by atoms with E-state index in [0.717, 1.165) is 39.1 Å². The molecule has 0 saturated carbocycles. The maximum atomic E-state index is 12.4. The van der Waals surface area contributed by atoms with E-state index in [-0.39, 0.29) is 11.9 Å². The number of amides is 1. The lowest BCUT2D eigenvalue weighted by Gasteiger charge is -2.34. The fourth-order valence-corrected chi connectivity index (χ4v) is 3.63. The zero-order valence-electron chi connectivity index (χ0n) is 13.2. The normalized spacial score (nSPS) is 31.7. The van der Waals surface area contributed by atoms with Crippen molar-refractivity contribution in [1.82, 2.24) is 10.2 Å². The van der Waals surface area contributed by atoms with Gasteiger partial charge in [-0.2, -0.15) is 0 Å². The Hall–Kier alpha value is -0.610. The van der Waals surface area contributed by atoms with E-state index in [2.05, 4.69) is 31.0 Å². The first kappa shape index (κ1) is 15.8. The van der Waals surface area contributed by atoms with Crippen LogP contribution in [0.25, 0.3) is 0 Å². The molecule has 2 heterocycles. The zero-order chi connectivity index (χ0) is 14.5. The number of rotatable bonds is 5.